The average molecular weight is 204 g/mol. The van der Waals surface area contributed by atoms with Crippen LogP contribution >= 0.6 is 0 Å². The first-order valence-electron chi connectivity index (χ1n) is 5.09. The fourth-order valence-electron chi connectivity index (χ4n) is 1.88. The van der Waals surface area contributed by atoms with Crippen LogP contribution in [0.5, 0.6) is 0 Å². The van der Waals surface area contributed by atoms with Gasteiger partial charge in [0.25, 0.3) is 5.82 Å². The van der Waals surface area contributed by atoms with Crippen molar-refractivity contribution in [1.82, 2.24) is 14.8 Å². The molecule has 1 aliphatic rings. The standard InChI is InChI=1S/C10H12N4O/c11-5-10-12-7-14(13-10)6-8-1-3-9(15)4-2-8/h7-8H,1-4,6H2. The SMILES string of the molecule is N#Cc1ncn(CC2CCC(=O)CC2)n1. The zero-order chi connectivity index (χ0) is 10.7. The van der Waals surface area contributed by atoms with Gasteiger partial charge in [-0.3, -0.25) is 9.48 Å². The van der Waals surface area contributed by atoms with Crippen molar-refractivity contribution in [2.45, 2.75) is 32.2 Å². The lowest BCUT2D eigenvalue weighted by Gasteiger charge is -2.20. The van der Waals surface area contributed by atoms with Gasteiger partial charge in [-0.05, 0) is 18.8 Å². The zero-order valence-corrected chi connectivity index (χ0v) is 8.39. The highest BCUT2D eigenvalue weighted by Gasteiger charge is 2.19. The van der Waals surface area contributed by atoms with Gasteiger partial charge in [0.1, 0.15) is 18.2 Å². The normalized spacial score (nSPS) is 17.7. The zero-order valence-electron chi connectivity index (χ0n) is 8.39. The predicted octanol–water partition coefficient (Wildman–Crippen LogP) is 0.909. The van der Waals surface area contributed by atoms with Gasteiger partial charge >= 0.3 is 0 Å². The maximum atomic E-state index is 11.0. The van der Waals surface area contributed by atoms with E-state index in [1.165, 1.54) is 0 Å². The molecule has 1 aliphatic carbocycles. The summed E-state index contributed by atoms with van der Waals surface area (Å²) in [5.74, 6) is 1.07. The summed E-state index contributed by atoms with van der Waals surface area (Å²) in [5.41, 5.74) is 0. The highest BCUT2D eigenvalue weighted by atomic mass is 16.1. The fraction of sp³-hybridized carbons (Fsp3) is 0.600. The summed E-state index contributed by atoms with van der Waals surface area (Å²) in [6, 6.07) is 1.89. The Hall–Kier alpha value is -1.70. The molecule has 0 amide bonds. The van der Waals surface area contributed by atoms with Crippen LogP contribution in [0.4, 0.5) is 0 Å². The molecule has 78 valence electrons. The smallest absolute Gasteiger partial charge is 0.252 e. The van der Waals surface area contributed by atoms with Crippen LogP contribution in [0.1, 0.15) is 31.5 Å². The Morgan fingerprint density at radius 1 is 1.53 bits per heavy atom. The quantitative estimate of drug-likeness (QED) is 0.717. The van der Waals surface area contributed by atoms with Crippen molar-refractivity contribution in [2.24, 2.45) is 5.92 Å². The second kappa shape index (κ2) is 4.22. The van der Waals surface area contributed by atoms with E-state index in [4.69, 9.17) is 5.26 Å². The molecule has 1 aromatic rings. The molecule has 2 rings (SSSR count). The molecule has 0 unspecified atom stereocenters. The maximum absolute atomic E-state index is 11.0. The van der Waals surface area contributed by atoms with Crippen LogP contribution in [-0.4, -0.2) is 20.5 Å². The Morgan fingerprint density at radius 2 is 2.27 bits per heavy atom. The third kappa shape index (κ3) is 2.40. The van der Waals surface area contributed by atoms with Crippen molar-refractivity contribution < 1.29 is 4.79 Å². The highest BCUT2D eigenvalue weighted by Crippen LogP contribution is 2.22. The lowest BCUT2D eigenvalue weighted by Crippen LogP contribution is -2.19. The Kier molecular flexibility index (Phi) is 2.77. The number of nitriles is 1. The summed E-state index contributed by atoms with van der Waals surface area (Å²) in [7, 11) is 0. The van der Waals surface area contributed by atoms with Gasteiger partial charge < -0.3 is 0 Å². The molecule has 1 saturated carbocycles. The summed E-state index contributed by atoms with van der Waals surface area (Å²) >= 11 is 0. The molecule has 0 aliphatic heterocycles. The van der Waals surface area contributed by atoms with Crippen LogP contribution in [0.25, 0.3) is 0 Å². The maximum Gasteiger partial charge on any atom is 0.252 e. The van der Waals surface area contributed by atoms with E-state index in [0.29, 0.717) is 24.5 Å². The Bertz CT molecular complexity index is 394. The van der Waals surface area contributed by atoms with Gasteiger partial charge in [0, 0.05) is 19.4 Å². The number of hydrogen-bond donors (Lipinski definition) is 0. The van der Waals surface area contributed by atoms with E-state index in [9.17, 15) is 4.79 Å². The molecule has 0 spiro atoms. The van der Waals surface area contributed by atoms with E-state index in [2.05, 4.69) is 10.1 Å². The van der Waals surface area contributed by atoms with Crippen LogP contribution < -0.4 is 0 Å². The van der Waals surface area contributed by atoms with Gasteiger partial charge in [0.2, 0.25) is 0 Å². The molecule has 0 bridgehead atoms. The number of nitrogens with zero attached hydrogens (tertiary/aromatic N) is 4. The monoisotopic (exact) mass is 204 g/mol. The van der Waals surface area contributed by atoms with Crippen molar-refractivity contribution in [3.05, 3.63) is 12.2 Å². The molecular formula is C10H12N4O. The van der Waals surface area contributed by atoms with Crippen LogP contribution in [0.15, 0.2) is 6.33 Å². The molecule has 0 N–H and O–H groups in total. The molecule has 1 heterocycles. The van der Waals surface area contributed by atoms with Crippen molar-refractivity contribution in [3.63, 3.8) is 0 Å². The van der Waals surface area contributed by atoms with E-state index >= 15 is 0 Å². The van der Waals surface area contributed by atoms with Crippen LogP contribution in [-0.2, 0) is 11.3 Å². The average Bonchev–Trinajstić information content (AvgIpc) is 2.69. The first-order chi connectivity index (χ1) is 7.28. The number of ketones is 1. The molecule has 1 fully saturated rings. The van der Waals surface area contributed by atoms with Crippen molar-refractivity contribution in [3.8, 4) is 6.07 Å². The minimum atomic E-state index is 0.210. The van der Waals surface area contributed by atoms with Gasteiger partial charge in [-0.15, -0.1) is 5.10 Å². The third-order valence-electron chi connectivity index (χ3n) is 2.74. The second-order valence-corrected chi connectivity index (χ2v) is 3.88. The Labute approximate surface area is 87.7 Å². The van der Waals surface area contributed by atoms with E-state index in [1.54, 1.807) is 11.0 Å². The first-order valence-corrected chi connectivity index (χ1v) is 5.09. The van der Waals surface area contributed by atoms with Gasteiger partial charge in [-0.25, -0.2) is 4.98 Å². The Morgan fingerprint density at radius 3 is 2.87 bits per heavy atom. The molecule has 0 atom stereocenters. The highest BCUT2D eigenvalue weighted by molar-refractivity contribution is 5.78. The van der Waals surface area contributed by atoms with Crippen LogP contribution in [0, 0.1) is 17.2 Å². The van der Waals surface area contributed by atoms with Gasteiger partial charge in [-0.2, -0.15) is 5.26 Å². The summed E-state index contributed by atoms with van der Waals surface area (Å²) in [6.07, 6.45) is 4.81. The second-order valence-electron chi connectivity index (χ2n) is 3.88. The molecule has 15 heavy (non-hydrogen) atoms. The van der Waals surface area contributed by atoms with E-state index in [1.807, 2.05) is 6.07 Å². The van der Waals surface area contributed by atoms with Gasteiger partial charge in [-0.1, -0.05) is 0 Å². The van der Waals surface area contributed by atoms with Crippen LogP contribution in [0.3, 0.4) is 0 Å². The molecule has 0 saturated heterocycles. The summed E-state index contributed by atoms with van der Waals surface area (Å²) in [5, 5.41) is 12.6. The van der Waals surface area contributed by atoms with E-state index in [-0.39, 0.29) is 5.82 Å². The first kappa shape index (κ1) is 9.84. The van der Waals surface area contributed by atoms with E-state index < -0.39 is 0 Å². The number of aromatic nitrogens is 3. The summed E-state index contributed by atoms with van der Waals surface area (Å²) in [6.45, 7) is 0.766. The molecular weight excluding hydrogens is 192 g/mol. The molecule has 1 aromatic heterocycles. The lowest BCUT2D eigenvalue weighted by molar-refractivity contribution is -0.121. The number of Topliss-reactive ketones (excluding diaryl/α,β-unsaturated/α-hetero) is 1. The number of carbonyl (C=O) groups excluding carboxylic acids is 1. The van der Waals surface area contributed by atoms with Crippen LogP contribution in [0.2, 0.25) is 0 Å². The lowest BCUT2D eigenvalue weighted by atomic mass is 9.88. The molecule has 0 aromatic carbocycles. The predicted molar refractivity (Wildman–Crippen MR) is 51.7 cm³/mol. The van der Waals surface area contributed by atoms with Gasteiger partial charge in [0.05, 0.1) is 0 Å². The number of hydrogen-bond acceptors (Lipinski definition) is 4. The summed E-state index contributed by atoms with van der Waals surface area (Å²) in [4.78, 5) is 14.9. The third-order valence-corrected chi connectivity index (χ3v) is 2.74. The minimum absolute atomic E-state index is 0.210. The fourth-order valence-corrected chi connectivity index (χ4v) is 1.88. The number of carbonyl (C=O) groups is 1. The number of rotatable bonds is 2. The van der Waals surface area contributed by atoms with Crippen molar-refractivity contribution in [1.29, 1.82) is 5.26 Å². The van der Waals surface area contributed by atoms with E-state index in [0.717, 1.165) is 19.4 Å². The summed E-state index contributed by atoms with van der Waals surface area (Å²) < 4.78 is 1.69. The molecule has 5 nitrogen and oxygen atoms in total. The minimum Gasteiger partial charge on any atom is -0.300 e. The van der Waals surface area contributed by atoms with Crippen molar-refractivity contribution in [2.75, 3.05) is 0 Å². The van der Waals surface area contributed by atoms with Crippen molar-refractivity contribution >= 4 is 5.78 Å². The Balaban J connectivity index is 1.92. The largest absolute Gasteiger partial charge is 0.300 e. The molecule has 5 heteroatoms. The molecule has 0 radical (unpaired) electrons. The van der Waals surface area contributed by atoms with Gasteiger partial charge in [0.15, 0.2) is 0 Å². The topological polar surface area (TPSA) is 71.6 Å².